The third-order valence-corrected chi connectivity index (χ3v) is 5.68. The van der Waals surface area contributed by atoms with E-state index in [1.165, 1.54) is 11.5 Å². The van der Waals surface area contributed by atoms with E-state index in [4.69, 9.17) is 9.15 Å². The second-order valence-corrected chi connectivity index (χ2v) is 7.49. The molecule has 2 aliphatic rings. The molecule has 19 heavy (non-hydrogen) atoms. The maximum Gasteiger partial charge on any atom is 0.169 e. The second-order valence-electron chi connectivity index (χ2n) is 5.48. The molecule has 0 aliphatic carbocycles. The lowest BCUT2D eigenvalue weighted by Gasteiger charge is -2.44. The van der Waals surface area contributed by atoms with Crippen molar-refractivity contribution >= 4 is 27.7 Å². The average molecular weight is 347 g/mol. The summed E-state index contributed by atoms with van der Waals surface area (Å²) in [7, 11) is 0. The molecule has 2 aliphatic heterocycles. The van der Waals surface area contributed by atoms with Crippen LogP contribution in [0.3, 0.4) is 0 Å². The molecule has 1 spiro atoms. The standard InChI is InChI=1S/C14H19BrO3S/c15-12-2-1-11(18-12)13(16)10-3-6-17-14(9-10)4-7-19-8-5-14/h1-2,10,13,16H,3-9H2. The molecule has 0 saturated carbocycles. The number of halogens is 1. The number of aliphatic hydroxyl groups excluding tert-OH is 1. The Hall–Kier alpha value is 0.0300. The Labute approximate surface area is 126 Å². The van der Waals surface area contributed by atoms with Gasteiger partial charge in [0.2, 0.25) is 0 Å². The van der Waals surface area contributed by atoms with E-state index in [2.05, 4.69) is 15.9 Å². The fraction of sp³-hybridized carbons (Fsp3) is 0.714. The summed E-state index contributed by atoms with van der Waals surface area (Å²) in [6.07, 6.45) is 3.58. The Balaban J connectivity index is 1.70. The molecule has 2 fully saturated rings. The molecule has 0 amide bonds. The predicted molar refractivity (Wildman–Crippen MR) is 79.3 cm³/mol. The fourth-order valence-electron chi connectivity index (χ4n) is 3.15. The third kappa shape index (κ3) is 3.04. The van der Waals surface area contributed by atoms with Crippen LogP contribution in [-0.2, 0) is 4.74 Å². The van der Waals surface area contributed by atoms with Crippen LogP contribution in [0, 0.1) is 5.92 Å². The first-order valence-corrected chi connectivity index (χ1v) is 8.78. The summed E-state index contributed by atoms with van der Waals surface area (Å²) in [6.45, 7) is 0.758. The van der Waals surface area contributed by atoms with Gasteiger partial charge in [-0.05, 0) is 71.2 Å². The van der Waals surface area contributed by atoms with E-state index in [9.17, 15) is 5.11 Å². The third-order valence-electron chi connectivity index (χ3n) is 4.27. The number of rotatable bonds is 2. The number of thioether (sulfide) groups is 1. The number of furan rings is 1. The minimum absolute atomic E-state index is 0.0129. The van der Waals surface area contributed by atoms with Gasteiger partial charge in [-0.25, -0.2) is 0 Å². The molecule has 0 radical (unpaired) electrons. The molecular formula is C14H19BrO3S. The summed E-state index contributed by atoms with van der Waals surface area (Å²) >= 11 is 5.29. The van der Waals surface area contributed by atoms with Gasteiger partial charge < -0.3 is 14.3 Å². The SMILES string of the molecule is OC(c1ccc(Br)o1)C1CCOC2(CCSCC2)C1. The van der Waals surface area contributed by atoms with Gasteiger partial charge in [0.05, 0.1) is 5.60 Å². The smallest absolute Gasteiger partial charge is 0.169 e. The van der Waals surface area contributed by atoms with Gasteiger partial charge in [0.15, 0.2) is 4.67 Å². The molecule has 3 heterocycles. The van der Waals surface area contributed by atoms with E-state index >= 15 is 0 Å². The average Bonchev–Trinajstić information content (AvgIpc) is 2.85. The van der Waals surface area contributed by atoms with Gasteiger partial charge in [0.1, 0.15) is 11.9 Å². The van der Waals surface area contributed by atoms with Crippen molar-refractivity contribution in [3.05, 3.63) is 22.6 Å². The summed E-state index contributed by atoms with van der Waals surface area (Å²) in [6, 6.07) is 3.69. The molecular weight excluding hydrogens is 328 g/mol. The highest BCUT2D eigenvalue weighted by Crippen LogP contribution is 2.43. The molecule has 2 unspecified atom stereocenters. The van der Waals surface area contributed by atoms with Crippen molar-refractivity contribution in [1.82, 2.24) is 0 Å². The lowest BCUT2D eigenvalue weighted by molar-refractivity contribution is -0.123. The van der Waals surface area contributed by atoms with E-state index in [0.29, 0.717) is 10.4 Å². The molecule has 106 valence electrons. The van der Waals surface area contributed by atoms with Crippen molar-refractivity contribution in [3.63, 3.8) is 0 Å². The van der Waals surface area contributed by atoms with Gasteiger partial charge in [-0.1, -0.05) is 0 Å². The van der Waals surface area contributed by atoms with Crippen LogP contribution < -0.4 is 0 Å². The predicted octanol–water partition coefficient (Wildman–Crippen LogP) is 3.77. The normalized spacial score (nSPS) is 28.4. The molecule has 3 nitrogen and oxygen atoms in total. The van der Waals surface area contributed by atoms with Crippen molar-refractivity contribution in [2.45, 2.75) is 37.4 Å². The minimum atomic E-state index is -0.512. The van der Waals surface area contributed by atoms with Crippen molar-refractivity contribution in [1.29, 1.82) is 0 Å². The fourth-order valence-corrected chi connectivity index (χ4v) is 4.70. The topological polar surface area (TPSA) is 42.6 Å². The number of aliphatic hydroxyl groups is 1. The summed E-state index contributed by atoms with van der Waals surface area (Å²) in [5.41, 5.74) is 0.0129. The number of ether oxygens (including phenoxy) is 1. The summed E-state index contributed by atoms with van der Waals surface area (Å²) in [4.78, 5) is 0. The first-order chi connectivity index (χ1) is 9.19. The Morgan fingerprint density at radius 1 is 1.37 bits per heavy atom. The van der Waals surface area contributed by atoms with Crippen LogP contribution in [0.1, 0.15) is 37.5 Å². The van der Waals surface area contributed by atoms with Crippen LogP contribution in [0.4, 0.5) is 0 Å². The van der Waals surface area contributed by atoms with Gasteiger partial charge in [-0.3, -0.25) is 0 Å². The van der Waals surface area contributed by atoms with Crippen LogP contribution in [-0.4, -0.2) is 28.8 Å². The van der Waals surface area contributed by atoms with E-state index in [1.54, 1.807) is 0 Å². The van der Waals surface area contributed by atoms with Gasteiger partial charge >= 0.3 is 0 Å². The number of hydrogen-bond donors (Lipinski definition) is 1. The monoisotopic (exact) mass is 346 g/mol. The lowest BCUT2D eigenvalue weighted by atomic mass is 9.79. The molecule has 1 N–H and O–H groups in total. The van der Waals surface area contributed by atoms with E-state index in [0.717, 1.165) is 32.3 Å². The van der Waals surface area contributed by atoms with E-state index < -0.39 is 6.10 Å². The van der Waals surface area contributed by atoms with Crippen molar-refractivity contribution in [2.75, 3.05) is 18.1 Å². The van der Waals surface area contributed by atoms with E-state index in [1.807, 2.05) is 23.9 Å². The quantitative estimate of drug-likeness (QED) is 0.884. The zero-order chi connectivity index (χ0) is 13.3. The molecule has 1 aromatic heterocycles. The Morgan fingerprint density at radius 3 is 2.84 bits per heavy atom. The van der Waals surface area contributed by atoms with Gasteiger partial charge in [-0.15, -0.1) is 0 Å². The zero-order valence-corrected chi connectivity index (χ0v) is 13.2. The van der Waals surface area contributed by atoms with Crippen molar-refractivity contribution < 1.29 is 14.3 Å². The Bertz CT molecular complexity index is 423. The minimum Gasteiger partial charge on any atom is -0.452 e. The summed E-state index contributed by atoms with van der Waals surface area (Å²) in [5.74, 6) is 3.26. The molecule has 0 bridgehead atoms. The van der Waals surface area contributed by atoms with Crippen LogP contribution in [0.2, 0.25) is 0 Å². The Kier molecular flexibility index (Phi) is 4.27. The largest absolute Gasteiger partial charge is 0.452 e. The van der Waals surface area contributed by atoms with Crippen LogP contribution in [0.15, 0.2) is 21.2 Å². The highest BCUT2D eigenvalue weighted by Gasteiger charge is 2.41. The Morgan fingerprint density at radius 2 is 2.16 bits per heavy atom. The van der Waals surface area contributed by atoms with E-state index in [-0.39, 0.29) is 11.5 Å². The highest BCUT2D eigenvalue weighted by molar-refractivity contribution is 9.10. The molecule has 1 aromatic rings. The lowest BCUT2D eigenvalue weighted by Crippen LogP contribution is -2.44. The molecule has 2 saturated heterocycles. The summed E-state index contributed by atoms with van der Waals surface area (Å²) < 4.78 is 12.2. The van der Waals surface area contributed by atoms with Gasteiger partial charge in [0.25, 0.3) is 0 Å². The van der Waals surface area contributed by atoms with Gasteiger partial charge in [0, 0.05) is 6.61 Å². The maximum absolute atomic E-state index is 10.5. The molecule has 2 atom stereocenters. The first kappa shape index (κ1) is 14.0. The molecule has 5 heteroatoms. The zero-order valence-electron chi connectivity index (χ0n) is 10.8. The highest BCUT2D eigenvalue weighted by atomic mass is 79.9. The van der Waals surface area contributed by atoms with Gasteiger partial charge in [-0.2, -0.15) is 11.8 Å². The maximum atomic E-state index is 10.5. The van der Waals surface area contributed by atoms with Crippen LogP contribution in [0.25, 0.3) is 0 Å². The van der Waals surface area contributed by atoms with Crippen molar-refractivity contribution in [2.24, 2.45) is 5.92 Å². The molecule has 0 aromatic carbocycles. The molecule has 3 rings (SSSR count). The summed E-state index contributed by atoms with van der Waals surface area (Å²) in [5, 5.41) is 10.5. The number of hydrogen-bond acceptors (Lipinski definition) is 4. The second kappa shape index (κ2) is 5.80. The van der Waals surface area contributed by atoms with Crippen molar-refractivity contribution in [3.8, 4) is 0 Å². The van der Waals surface area contributed by atoms with Crippen LogP contribution in [0.5, 0.6) is 0 Å². The first-order valence-electron chi connectivity index (χ1n) is 6.84. The van der Waals surface area contributed by atoms with Crippen LogP contribution >= 0.6 is 27.7 Å².